The summed E-state index contributed by atoms with van der Waals surface area (Å²) in [4.78, 5) is 11.2. The Labute approximate surface area is 96.6 Å². The van der Waals surface area contributed by atoms with E-state index in [0.717, 1.165) is 6.54 Å². The molecule has 0 saturated carbocycles. The van der Waals surface area contributed by atoms with Crippen LogP contribution in [0.3, 0.4) is 0 Å². The van der Waals surface area contributed by atoms with E-state index in [2.05, 4.69) is 29.3 Å². The van der Waals surface area contributed by atoms with Gasteiger partial charge in [0.1, 0.15) is 0 Å². The zero-order valence-corrected chi connectivity index (χ0v) is 9.41. The fraction of sp³-hybridized carbons (Fsp3) is 0.308. The van der Waals surface area contributed by atoms with Crippen molar-refractivity contribution in [2.24, 2.45) is 0 Å². The molecule has 0 aromatic heterocycles. The predicted octanol–water partition coefficient (Wildman–Crippen LogP) is 1.47. The molecule has 1 rings (SSSR count). The van der Waals surface area contributed by atoms with Crippen LogP contribution in [-0.2, 0) is 11.3 Å². The Morgan fingerprint density at radius 2 is 2.06 bits per heavy atom. The highest BCUT2D eigenvalue weighted by atomic mass is 16.1. The van der Waals surface area contributed by atoms with E-state index in [-0.39, 0.29) is 5.91 Å². The van der Waals surface area contributed by atoms with E-state index in [1.807, 2.05) is 18.2 Å². The van der Waals surface area contributed by atoms with Crippen molar-refractivity contribution in [3.8, 4) is 0 Å². The summed E-state index contributed by atoms with van der Waals surface area (Å²) in [5.74, 6) is 0.0560. The van der Waals surface area contributed by atoms with Crippen molar-refractivity contribution in [2.75, 3.05) is 13.1 Å². The van der Waals surface area contributed by atoms with Gasteiger partial charge in [-0.2, -0.15) is 0 Å². The van der Waals surface area contributed by atoms with Gasteiger partial charge in [-0.25, -0.2) is 0 Å². The lowest BCUT2D eigenvalue weighted by molar-refractivity contribution is -0.120. The van der Waals surface area contributed by atoms with Gasteiger partial charge in [-0.3, -0.25) is 4.79 Å². The predicted molar refractivity (Wildman–Crippen MR) is 66.0 cm³/mol. The van der Waals surface area contributed by atoms with Crippen LogP contribution in [-0.4, -0.2) is 19.0 Å². The van der Waals surface area contributed by atoms with E-state index in [1.165, 1.54) is 5.56 Å². The minimum atomic E-state index is 0.0560. The Morgan fingerprint density at radius 3 is 2.75 bits per heavy atom. The van der Waals surface area contributed by atoms with Crippen LogP contribution in [0.25, 0.3) is 0 Å². The highest BCUT2D eigenvalue weighted by Gasteiger charge is 1.98. The topological polar surface area (TPSA) is 41.1 Å². The van der Waals surface area contributed by atoms with Gasteiger partial charge >= 0.3 is 0 Å². The number of hydrogen-bond donors (Lipinski definition) is 2. The largest absolute Gasteiger partial charge is 0.353 e. The van der Waals surface area contributed by atoms with Crippen molar-refractivity contribution in [3.63, 3.8) is 0 Å². The molecule has 0 atom stereocenters. The van der Waals surface area contributed by atoms with Crippen LogP contribution in [0.15, 0.2) is 43.0 Å². The molecular formula is C13H18N2O. The fourth-order valence-corrected chi connectivity index (χ4v) is 1.30. The van der Waals surface area contributed by atoms with E-state index in [0.29, 0.717) is 19.5 Å². The SMILES string of the molecule is C=CCNC(=O)CCNCc1ccccc1. The van der Waals surface area contributed by atoms with Crippen molar-refractivity contribution >= 4 is 5.91 Å². The number of carbonyl (C=O) groups excluding carboxylic acids is 1. The van der Waals surface area contributed by atoms with E-state index < -0.39 is 0 Å². The third-order valence-corrected chi connectivity index (χ3v) is 2.14. The summed E-state index contributed by atoms with van der Waals surface area (Å²) in [6, 6.07) is 10.1. The Balaban J connectivity index is 2.08. The quantitative estimate of drug-likeness (QED) is 0.537. The molecule has 1 aromatic rings. The molecule has 0 heterocycles. The maximum atomic E-state index is 11.2. The van der Waals surface area contributed by atoms with Gasteiger partial charge in [-0.15, -0.1) is 6.58 Å². The van der Waals surface area contributed by atoms with Crippen molar-refractivity contribution in [1.82, 2.24) is 10.6 Å². The Hall–Kier alpha value is -1.61. The number of amides is 1. The van der Waals surface area contributed by atoms with Gasteiger partial charge in [0.15, 0.2) is 0 Å². The van der Waals surface area contributed by atoms with Crippen molar-refractivity contribution in [3.05, 3.63) is 48.6 Å². The number of hydrogen-bond acceptors (Lipinski definition) is 2. The van der Waals surface area contributed by atoms with Gasteiger partial charge in [0, 0.05) is 26.1 Å². The molecule has 0 saturated heterocycles. The number of benzene rings is 1. The highest BCUT2D eigenvalue weighted by molar-refractivity contribution is 5.76. The first-order valence-corrected chi connectivity index (χ1v) is 5.45. The zero-order valence-electron chi connectivity index (χ0n) is 9.41. The average Bonchev–Trinajstić information content (AvgIpc) is 2.33. The minimum Gasteiger partial charge on any atom is -0.353 e. The lowest BCUT2D eigenvalue weighted by Crippen LogP contribution is -2.27. The van der Waals surface area contributed by atoms with E-state index >= 15 is 0 Å². The molecule has 2 N–H and O–H groups in total. The van der Waals surface area contributed by atoms with Crippen LogP contribution in [0.1, 0.15) is 12.0 Å². The standard InChI is InChI=1S/C13H18N2O/c1-2-9-15-13(16)8-10-14-11-12-6-4-3-5-7-12/h2-7,14H,1,8-11H2,(H,15,16). The van der Waals surface area contributed by atoms with Gasteiger partial charge in [-0.1, -0.05) is 36.4 Å². The first-order valence-electron chi connectivity index (χ1n) is 5.45. The fourth-order valence-electron chi connectivity index (χ4n) is 1.30. The summed E-state index contributed by atoms with van der Waals surface area (Å²) in [5, 5.41) is 5.96. The molecule has 1 amide bonds. The van der Waals surface area contributed by atoms with Gasteiger partial charge in [0.2, 0.25) is 5.91 Å². The first kappa shape index (κ1) is 12.5. The van der Waals surface area contributed by atoms with Gasteiger partial charge in [0.25, 0.3) is 0 Å². The summed E-state index contributed by atoms with van der Waals surface area (Å²) in [6.07, 6.45) is 2.18. The molecule has 1 aromatic carbocycles. The minimum absolute atomic E-state index is 0.0560. The molecule has 16 heavy (non-hydrogen) atoms. The van der Waals surface area contributed by atoms with Crippen LogP contribution in [0.4, 0.5) is 0 Å². The summed E-state index contributed by atoms with van der Waals surface area (Å²) >= 11 is 0. The van der Waals surface area contributed by atoms with Crippen molar-refractivity contribution in [1.29, 1.82) is 0 Å². The number of rotatable bonds is 7. The summed E-state index contributed by atoms with van der Waals surface area (Å²) in [6.45, 7) is 5.57. The van der Waals surface area contributed by atoms with Crippen LogP contribution in [0.2, 0.25) is 0 Å². The monoisotopic (exact) mass is 218 g/mol. The third-order valence-electron chi connectivity index (χ3n) is 2.14. The average molecular weight is 218 g/mol. The van der Waals surface area contributed by atoms with E-state index in [4.69, 9.17) is 0 Å². The van der Waals surface area contributed by atoms with Crippen molar-refractivity contribution < 1.29 is 4.79 Å². The molecular weight excluding hydrogens is 200 g/mol. The van der Waals surface area contributed by atoms with Crippen LogP contribution >= 0.6 is 0 Å². The molecule has 0 spiro atoms. The normalized spacial score (nSPS) is 9.75. The Kier molecular flexibility index (Phi) is 5.96. The van der Waals surface area contributed by atoms with Gasteiger partial charge in [0.05, 0.1) is 0 Å². The van der Waals surface area contributed by atoms with Gasteiger partial charge < -0.3 is 10.6 Å². The van der Waals surface area contributed by atoms with Crippen LogP contribution in [0.5, 0.6) is 0 Å². The molecule has 0 bridgehead atoms. The smallest absolute Gasteiger partial charge is 0.221 e. The maximum absolute atomic E-state index is 11.2. The molecule has 86 valence electrons. The van der Waals surface area contributed by atoms with E-state index in [1.54, 1.807) is 6.08 Å². The molecule has 0 unspecified atom stereocenters. The number of carbonyl (C=O) groups is 1. The summed E-state index contributed by atoms with van der Waals surface area (Å²) < 4.78 is 0. The molecule has 3 heteroatoms. The first-order chi connectivity index (χ1) is 7.83. The molecule has 0 aliphatic carbocycles. The van der Waals surface area contributed by atoms with E-state index in [9.17, 15) is 4.79 Å². The molecule has 0 radical (unpaired) electrons. The maximum Gasteiger partial charge on any atom is 0.221 e. The Morgan fingerprint density at radius 1 is 1.31 bits per heavy atom. The second-order valence-corrected chi connectivity index (χ2v) is 3.51. The highest BCUT2D eigenvalue weighted by Crippen LogP contribution is 1.96. The van der Waals surface area contributed by atoms with Crippen LogP contribution < -0.4 is 10.6 Å². The molecule has 0 aliphatic heterocycles. The summed E-state index contributed by atoms with van der Waals surface area (Å²) in [7, 11) is 0. The van der Waals surface area contributed by atoms with Gasteiger partial charge in [-0.05, 0) is 5.56 Å². The zero-order chi connectivity index (χ0) is 11.6. The molecule has 0 fully saturated rings. The second kappa shape index (κ2) is 7.65. The lowest BCUT2D eigenvalue weighted by atomic mass is 10.2. The lowest BCUT2D eigenvalue weighted by Gasteiger charge is -2.05. The number of nitrogens with one attached hydrogen (secondary N) is 2. The summed E-state index contributed by atoms with van der Waals surface area (Å²) in [5.41, 5.74) is 1.23. The third kappa shape index (κ3) is 5.32. The van der Waals surface area contributed by atoms with Crippen LogP contribution in [0, 0.1) is 0 Å². The Bertz CT molecular complexity index is 322. The second-order valence-electron chi connectivity index (χ2n) is 3.51. The van der Waals surface area contributed by atoms with Crippen molar-refractivity contribution in [2.45, 2.75) is 13.0 Å². The molecule has 0 aliphatic rings. The molecule has 3 nitrogen and oxygen atoms in total.